The van der Waals surface area contributed by atoms with E-state index in [0.717, 1.165) is 0 Å². The fourth-order valence-corrected chi connectivity index (χ4v) is 1.50. The number of amides is 2. The quantitative estimate of drug-likeness (QED) is 0.736. The maximum atomic E-state index is 11.8. The highest BCUT2D eigenvalue weighted by Gasteiger charge is 2.26. The first-order valence-corrected chi connectivity index (χ1v) is 6.58. The van der Waals surface area contributed by atoms with Crippen molar-refractivity contribution in [2.24, 2.45) is 7.05 Å². The lowest BCUT2D eigenvalue weighted by atomic mass is 10.2. The third-order valence-electron chi connectivity index (χ3n) is 2.45. The predicted molar refractivity (Wildman–Crippen MR) is 77.2 cm³/mol. The summed E-state index contributed by atoms with van der Waals surface area (Å²) in [6.07, 6.45) is 1.78. The standard InChI is InChI=1S/C13H20N4O5/c1-13(2,3)22-12(21)15-8(10(19)20)7-9(18)16-11-14-5-6-17(11)4/h5-6,8H,7H2,1-4H3,(H,15,21)(H,19,20)(H,14,16,18)/t8-/m0/s1. The van der Waals surface area contributed by atoms with Gasteiger partial charge in [-0.25, -0.2) is 14.6 Å². The number of carbonyl (C=O) groups excluding carboxylic acids is 2. The molecule has 0 aliphatic rings. The van der Waals surface area contributed by atoms with Gasteiger partial charge in [0, 0.05) is 19.4 Å². The van der Waals surface area contributed by atoms with Gasteiger partial charge >= 0.3 is 12.1 Å². The van der Waals surface area contributed by atoms with E-state index in [1.54, 1.807) is 38.6 Å². The lowest BCUT2D eigenvalue weighted by molar-refractivity contribution is -0.141. The average Bonchev–Trinajstić information content (AvgIpc) is 2.71. The molecule has 1 rings (SSSR count). The van der Waals surface area contributed by atoms with Gasteiger partial charge in [0.15, 0.2) is 0 Å². The van der Waals surface area contributed by atoms with E-state index in [9.17, 15) is 14.4 Å². The molecule has 2 amide bonds. The Balaban J connectivity index is 2.61. The van der Waals surface area contributed by atoms with Crippen molar-refractivity contribution >= 4 is 23.9 Å². The van der Waals surface area contributed by atoms with Gasteiger partial charge in [0.1, 0.15) is 11.6 Å². The number of aliphatic carboxylic acids is 1. The maximum Gasteiger partial charge on any atom is 0.408 e. The van der Waals surface area contributed by atoms with Gasteiger partial charge in [0.2, 0.25) is 11.9 Å². The van der Waals surface area contributed by atoms with Crippen LogP contribution in [0.1, 0.15) is 27.2 Å². The van der Waals surface area contributed by atoms with Crippen LogP contribution in [0.5, 0.6) is 0 Å². The number of nitrogens with zero attached hydrogens (tertiary/aromatic N) is 2. The number of ether oxygens (including phenoxy) is 1. The molecular formula is C13H20N4O5. The number of imidazole rings is 1. The molecule has 0 aromatic carbocycles. The number of alkyl carbamates (subject to hydrolysis) is 1. The van der Waals surface area contributed by atoms with Gasteiger partial charge in [-0.15, -0.1) is 0 Å². The molecule has 0 spiro atoms. The number of rotatable bonds is 5. The third-order valence-corrected chi connectivity index (χ3v) is 2.45. The van der Waals surface area contributed by atoms with Crippen molar-refractivity contribution < 1.29 is 24.2 Å². The minimum absolute atomic E-state index is 0.284. The smallest absolute Gasteiger partial charge is 0.408 e. The Morgan fingerprint density at radius 1 is 1.41 bits per heavy atom. The highest BCUT2D eigenvalue weighted by Crippen LogP contribution is 2.08. The fourth-order valence-electron chi connectivity index (χ4n) is 1.50. The first-order valence-electron chi connectivity index (χ1n) is 6.58. The zero-order valence-corrected chi connectivity index (χ0v) is 12.9. The number of hydrogen-bond acceptors (Lipinski definition) is 5. The summed E-state index contributed by atoms with van der Waals surface area (Å²) in [5.74, 6) is -1.63. The van der Waals surface area contributed by atoms with E-state index in [2.05, 4.69) is 15.6 Å². The number of anilines is 1. The summed E-state index contributed by atoms with van der Waals surface area (Å²) in [5.41, 5.74) is -0.762. The zero-order valence-electron chi connectivity index (χ0n) is 12.9. The lowest BCUT2D eigenvalue weighted by Gasteiger charge is -2.21. The van der Waals surface area contributed by atoms with Crippen molar-refractivity contribution in [3.05, 3.63) is 12.4 Å². The van der Waals surface area contributed by atoms with Gasteiger partial charge < -0.3 is 19.7 Å². The van der Waals surface area contributed by atoms with Gasteiger partial charge in [-0.1, -0.05) is 0 Å². The van der Waals surface area contributed by atoms with Crippen LogP contribution in [0.3, 0.4) is 0 Å². The van der Waals surface area contributed by atoms with Crippen molar-refractivity contribution in [2.75, 3.05) is 5.32 Å². The number of hydrogen-bond donors (Lipinski definition) is 3. The van der Waals surface area contributed by atoms with Gasteiger partial charge in [-0.05, 0) is 20.8 Å². The Bertz CT molecular complexity index is 561. The molecule has 1 heterocycles. The minimum Gasteiger partial charge on any atom is -0.480 e. The second kappa shape index (κ2) is 6.92. The molecule has 0 saturated heterocycles. The molecule has 1 atom stereocenters. The van der Waals surface area contributed by atoms with E-state index in [-0.39, 0.29) is 5.95 Å². The Morgan fingerprint density at radius 3 is 2.50 bits per heavy atom. The molecule has 0 fully saturated rings. The number of carbonyl (C=O) groups is 3. The van der Waals surface area contributed by atoms with Crippen molar-refractivity contribution in [1.82, 2.24) is 14.9 Å². The van der Waals surface area contributed by atoms with Gasteiger partial charge in [-0.3, -0.25) is 10.1 Å². The van der Waals surface area contributed by atoms with Crippen LogP contribution in [0, 0.1) is 0 Å². The highest BCUT2D eigenvalue weighted by atomic mass is 16.6. The molecule has 9 nitrogen and oxygen atoms in total. The molecule has 0 bridgehead atoms. The van der Waals surface area contributed by atoms with Crippen molar-refractivity contribution in [2.45, 2.75) is 38.8 Å². The summed E-state index contributed by atoms with van der Waals surface area (Å²) in [7, 11) is 1.68. The van der Waals surface area contributed by atoms with E-state index in [1.165, 1.54) is 6.20 Å². The summed E-state index contributed by atoms with van der Waals surface area (Å²) in [6, 6.07) is -1.39. The fraction of sp³-hybridized carbons (Fsp3) is 0.538. The maximum absolute atomic E-state index is 11.8. The minimum atomic E-state index is -1.39. The SMILES string of the molecule is Cn1ccnc1NC(=O)C[C@H](NC(=O)OC(C)(C)C)C(=O)O. The van der Waals surface area contributed by atoms with E-state index < -0.39 is 36.0 Å². The molecule has 0 aliphatic heterocycles. The van der Waals surface area contributed by atoms with E-state index in [0.29, 0.717) is 0 Å². The second-order valence-electron chi connectivity index (χ2n) is 5.65. The first kappa shape index (κ1) is 17.5. The Hall–Kier alpha value is -2.58. The van der Waals surface area contributed by atoms with E-state index in [4.69, 9.17) is 9.84 Å². The van der Waals surface area contributed by atoms with Gasteiger partial charge in [0.05, 0.1) is 6.42 Å². The van der Waals surface area contributed by atoms with Crippen molar-refractivity contribution in [3.63, 3.8) is 0 Å². The largest absolute Gasteiger partial charge is 0.480 e. The highest BCUT2D eigenvalue weighted by molar-refractivity contribution is 5.93. The van der Waals surface area contributed by atoms with Crippen LogP contribution < -0.4 is 10.6 Å². The van der Waals surface area contributed by atoms with Crippen LogP contribution in [0.25, 0.3) is 0 Å². The molecule has 0 unspecified atom stereocenters. The number of carboxylic acid groups (broad SMARTS) is 1. The van der Waals surface area contributed by atoms with Crippen LogP contribution in [0.15, 0.2) is 12.4 Å². The van der Waals surface area contributed by atoms with E-state index >= 15 is 0 Å². The average molecular weight is 312 g/mol. The summed E-state index contributed by atoms with van der Waals surface area (Å²) < 4.78 is 6.53. The number of carboxylic acids is 1. The Morgan fingerprint density at radius 2 is 2.05 bits per heavy atom. The molecule has 0 radical (unpaired) electrons. The van der Waals surface area contributed by atoms with Gasteiger partial charge in [-0.2, -0.15) is 0 Å². The summed E-state index contributed by atoms with van der Waals surface area (Å²) in [4.78, 5) is 38.4. The molecule has 9 heteroatoms. The van der Waals surface area contributed by atoms with Gasteiger partial charge in [0.25, 0.3) is 0 Å². The molecule has 1 aromatic rings. The molecular weight excluding hydrogens is 292 g/mol. The molecule has 22 heavy (non-hydrogen) atoms. The number of aryl methyl sites for hydroxylation is 1. The van der Waals surface area contributed by atoms with Crippen LogP contribution in [-0.4, -0.2) is 44.3 Å². The van der Waals surface area contributed by atoms with Crippen LogP contribution in [-0.2, 0) is 21.4 Å². The van der Waals surface area contributed by atoms with Crippen LogP contribution in [0.2, 0.25) is 0 Å². The zero-order chi connectivity index (χ0) is 16.9. The topological polar surface area (TPSA) is 123 Å². The summed E-state index contributed by atoms with van der Waals surface area (Å²) in [6.45, 7) is 4.95. The Kier molecular flexibility index (Phi) is 5.50. The van der Waals surface area contributed by atoms with Crippen molar-refractivity contribution in [3.8, 4) is 0 Å². The number of nitrogens with one attached hydrogen (secondary N) is 2. The van der Waals surface area contributed by atoms with Crippen LogP contribution in [0.4, 0.5) is 10.7 Å². The summed E-state index contributed by atoms with van der Waals surface area (Å²) in [5, 5.41) is 13.7. The molecule has 3 N–H and O–H groups in total. The van der Waals surface area contributed by atoms with Crippen molar-refractivity contribution in [1.29, 1.82) is 0 Å². The molecule has 122 valence electrons. The normalized spacial score (nSPS) is 12.4. The first-order chi connectivity index (χ1) is 10.1. The van der Waals surface area contributed by atoms with E-state index in [1.807, 2.05) is 0 Å². The molecule has 0 aliphatic carbocycles. The molecule has 0 saturated carbocycles. The predicted octanol–water partition coefficient (Wildman–Crippen LogP) is 0.727. The number of aromatic nitrogens is 2. The Labute approximate surface area is 127 Å². The third kappa shape index (κ3) is 5.81. The lowest BCUT2D eigenvalue weighted by Crippen LogP contribution is -2.45. The second-order valence-corrected chi connectivity index (χ2v) is 5.65. The molecule has 1 aromatic heterocycles. The monoisotopic (exact) mass is 312 g/mol. The van der Waals surface area contributed by atoms with Crippen LogP contribution >= 0.6 is 0 Å². The summed E-state index contributed by atoms with van der Waals surface area (Å²) >= 11 is 0.